The number of benzene rings is 1. The fourth-order valence-corrected chi connectivity index (χ4v) is 3.10. The number of hydrogen-bond acceptors (Lipinski definition) is 5. The summed E-state index contributed by atoms with van der Waals surface area (Å²) < 4.78 is 5.13. The van der Waals surface area contributed by atoms with E-state index in [0.717, 1.165) is 0 Å². The quantitative estimate of drug-likeness (QED) is 0.851. The molecule has 0 bridgehead atoms. The molecule has 0 aromatic heterocycles. The lowest BCUT2D eigenvalue weighted by Gasteiger charge is -2.18. The van der Waals surface area contributed by atoms with Crippen LogP contribution in [-0.4, -0.2) is 29.9 Å². The van der Waals surface area contributed by atoms with Crippen molar-refractivity contribution in [2.75, 3.05) is 18.6 Å². The lowest BCUT2D eigenvalue weighted by molar-refractivity contribution is -0.117. The molecule has 1 fully saturated rings. The first-order chi connectivity index (χ1) is 9.55. The Labute approximate surface area is 121 Å². The number of carbonyl (C=O) groups is 2. The van der Waals surface area contributed by atoms with Crippen molar-refractivity contribution in [2.24, 2.45) is 0 Å². The van der Waals surface area contributed by atoms with Gasteiger partial charge >= 0.3 is 0 Å². The minimum Gasteiger partial charge on any atom is -0.497 e. The van der Waals surface area contributed by atoms with Crippen molar-refractivity contribution in [3.63, 3.8) is 0 Å². The summed E-state index contributed by atoms with van der Waals surface area (Å²) in [7, 11) is 1.53. The molecule has 5 nitrogen and oxygen atoms in total. The summed E-state index contributed by atoms with van der Waals surface area (Å²) in [6.45, 7) is 1.93. The van der Waals surface area contributed by atoms with Gasteiger partial charge in [0.05, 0.1) is 18.4 Å². The van der Waals surface area contributed by atoms with E-state index in [1.165, 1.54) is 25.8 Å². The minimum atomic E-state index is -0.0755. The van der Waals surface area contributed by atoms with Gasteiger partial charge < -0.3 is 9.64 Å². The highest BCUT2D eigenvalue weighted by molar-refractivity contribution is 8.14. The maximum absolute atomic E-state index is 12.1. The van der Waals surface area contributed by atoms with Crippen LogP contribution < -0.4 is 9.64 Å². The number of rotatable bonds is 3. The molecule has 1 aliphatic heterocycles. The number of nitriles is 1. The van der Waals surface area contributed by atoms with Crippen LogP contribution in [0, 0.1) is 11.3 Å². The van der Waals surface area contributed by atoms with Gasteiger partial charge in [0.2, 0.25) is 5.91 Å². The molecule has 2 rings (SSSR count). The van der Waals surface area contributed by atoms with Crippen LogP contribution in [0.5, 0.6) is 5.75 Å². The fraction of sp³-hybridized carbons (Fsp3) is 0.357. The molecule has 0 N–H and O–H groups in total. The first kappa shape index (κ1) is 14.4. The van der Waals surface area contributed by atoms with Crippen LogP contribution in [0.3, 0.4) is 0 Å². The third kappa shape index (κ3) is 2.94. The molecule has 0 radical (unpaired) electrons. The summed E-state index contributed by atoms with van der Waals surface area (Å²) in [6, 6.07) is 7.07. The Kier molecular flexibility index (Phi) is 4.30. The van der Waals surface area contributed by atoms with Crippen LogP contribution in [0.4, 0.5) is 5.69 Å². The average Bonchev–Trinajstić information content (AvgIpc) is 2.77. The molecule has 1 heterocycles. The zero-order chi connectivity index (χ0) is 14.7. The number of amides is 1. The number of ether oxygens (including phenoxy) is 1. The maximum Gasteiger partial charge on any atom is 0.228 e. The highest BCUT2D eigenvalue weighted by Gasteiger charge is 2.33. The van der Waals surface area contributed by atoms with E-state index in [2.05, 4.69) is 6.07 Å². The summed E-state index contributed by atoms with van der Waals surface area (Å²) in [5, 5.41) is 9.09. The van der Waals surface area contributed by atoms with Gasteiger partial charge in [-0.15, -0.1) is 0 Å². The molecule has 0 spiro atoms. The molecule has 1 unspecified atom stereocenters. The van der Waals surface area contributed by atoms with Gasteiger partial charge in [0.15, 0.2) is 5.12 Å². The Balaban J connectivity index is 2.29. The van der Waals surface area contributed by atoms with E-state index in [9.17, 15) is 9.59 Å². The largest absolute Gasteiger partial charge is 0.497 e. The second-order valence-corrected chi connectivity index (χ2v) is 5.91. The van der Waals surface area contributed by atoms with E-state index in [4.69, 9.17) is 10.00 Å². The molecule has 0 aliphatic carbocycles. The van der Waals surface area contributed by atoms with Crippen molar-refractivity contribution < 1.29 is 14.3 Å². The summed E-state index contributed by atoms with van der Waals surface area (Å²) >= 11 is 1.17. The van der Waals surface area contributed by atoms with Crippen LogP contribution in [0.25, 0.3) is 0 Å². The molecule has 1 amide bonds. The third-order valence-electron chi connectivity index (χ3n) is 3.04. The molecule has 1 aliphatic rings. The van der Waals surface area contributed by atoms with Crippen molar-refractivity contribution in [1.82, 2.24) is 0 Å². The van der Waals surface area contributed by atoms with Crippen LogP contribution in [0.15, 0.2) is 18.2 Å². The van der Waals surface area contributed by atoms with Gasteiger partial charge in [-0.05, 0) is 12.1 Å². The maximum atomic E-state index is 12.1. The molecule has 1 aromatic rings. The van der Waals surface area contributed by atoms with Crippen LogP contribution in [0.1, 0.15) is 18.9 Å². The minimum absolute atomic E-state index is 0.00389. The number of thioether (sulfide) groups is 1. The normalized spacial score (nSPS) is 17.9. The molecule has 1 atom stereocenters. The van der Waals surface area contributed by atoms with Crippen molar-refractivity contribution in [2.45, 2.75) is 18.6 Å². The molecule has 0 saturated carbocycles. The fourth-order valence-electron chi connectivity index (χ4n) is 2.18. The Hall–Kier alpha value is -2.00. The molecule has 1 aromatic carbocycles. The van der Waals surface area contributed by atoms with Gasteiger partial charge in [-0.25, -0.2) is 0 Å². The topological polar surface area (TPSA) is 70.4 Å². The monoisotopic (exact) mass is 290 g/mol. The standard InChI is InChI=1S/C14H14N2O3S/c1-9(17)20-12-6-14(18)16(8-12)13-5-11(19-2)4-3-10(13)7-15/h3-5,12H,6,8H2,1-2H3. The number of nitrogens with zero attached hydrogens (tertiary/aromatic N) is 2. The van der Waals surface area contributed by atoms with Crippen molar-refractivity contribution in [3.05, 3.63) is 23.8 Å². The summed E-state index contributed by atoms with van der Waals surface area (Å²) in [5.74, 6) is 0.517. The summed E-state index contributed by atoms with van der Waals surface area (Å²) in [4.78, 5) is 24.8. The Morgan fingerprint density at radius 3 is 2.90 bits per heavy atom. The van der Waals surface area contributed by atoms with Gasteiger partial charge in [0.25, 0.3) is 0 Å². The zero-order valence-corrected chi connectivity index (χ0v) is 12.1. The Morgan fingerprint density at radius 1 is 1.55 bits per heavy atom. The second-order valence-electron chi connectivity index (χ2n) is 4.43. The van der Waals surface area contributed by atoms with E-state index in [-0.39, 0.29) is 16.3 Å². The highest BCUT2D eigenvalue weighted by Crippen LogP contribution is 2.32. The summed E-state index contributed by atoms with van der Waals surface area (Å²) in [6.07, 6.45) is 0.312. The van der Waals surface area contributed by atoms with Gasteiger partial charge in [0.1, 0.15) is 11.8 Å². The molecule has 104 valence electrons. The van der Waals surface area contributed by atoms with Crippen LogP contribution in [-0.2, 0) is 9.59 Å². The van der Waals surface area contributed by atoms with E-state index in [1.54, 1.807) is 23.1 Å². The Morgan fingerprint density at radius 2 is 2.30 bits per heavy atom. The molecule has 1 saturated heterocycles. The SMILES string of the molecule is COc1ccc(C#N)c(N2CC(SC(C)=O)CC2=O)c1. The number of hydrogen-bond donors (Lipinski definition) is 0. The predicted octanol–water partition coefficient (Wildman–Crippen LogP) is 1.95. The first-order valence-corrected chi connectivity index (χ1v) is 6.99. The van der Waals surface area contributed by atoms with Gasteiger partial charge in [-0.1, -0.05) is 11.8 Å². The smallest absolute Gasteiger partial charge is 0.228 e. The zero-order valence-electron chi connectivity index (χ0n) is 11.3. The van der Waals surface area contributed by atoms with Crippen molar-refractivity contribution in [3.8, 4) is 11.8 Å². The van der Waals surface area contributed by atoms with Crippen molar-refractivity contribution >= 4 is 28.5 Å². The molecule has 6 heteroatoms. The van der Waals surface area contributed by atoms with Gasteiger partial charge in [-0.2, -0.15) is 5.26 Å². The first-order valence-electron chi connectivity index (χ1n) is 6.11. The molecular formula is C14H14N2O3S. The van der Waals surface area contributed by atoms with Crippen LogP contribution >= 0.6 is 11.8 Å². The van der Waals surface area contributed by atoms with E-state index in [0.29, 0.717) is 30.0 Å². The third-order valence-corrected chi connectivity index (χ3v) is 4.02. The lowest BCUT2D eigenvalue weighted by atomic mass is 10.1. The van der Waals surface area contributed by atoms with E-state index >= 15 is 0 Å². The molecule has 20 heavy (non-hydrogen) atoms. The number of anilines is 1. The van der Waals surface area contributed by atoms with Crippen molar-refractivity contribution in [1.29, 1.82) is 5.26 Å². The molecular weight excluding hydrogens is 276 g/mol. The average molecular weight is 290 g/mol. The van der Waals surface area contributed by atoms with Gasteiger partial charge in [0, 0.05) is 31.2 Å². The Bertz CT molecular complexity index is 595. The number of methoxy groups -OCH3 is 1. The lowest BCUT2D eigenvalue weighted by Crippen LogP contribution is -2.25. The van der Waals surface area contributed by atoms with E-state index < -0.39 is 0 Å². The summed E-state index contributed by atoms with van der Waals surface area (Å²) in [5.41, 5.74) is 0.969. The highest BCUT2D eigenvalue weighted by atomic mass is 32.2. The predicted molar refractivity (Wildman–Crippen MR) is 76.7 cm³/mol. The van der Waals surface area contributed by atoms with Crippen LogP contribution in [0.2, 0.25) is 0 Å². The second kappa shape index (κ2) is 5.97. The van der Waals surface area contributed by atoms with Gasteiger partial charge in [-0.3, -0.25) is 9.59 Å². The number of carbonyl (C=O) groups excluding carboxylic acids is 2. The van der Waals surface area contributed by atoms with E-state index in [1.807, 2.05) is 0 Å².